The molecule has 0 spiro atoms. The number of nitrogens with zero attached hydrogens (tertiary/aromatic N) is 3. The van der Waals surface area contributed by atoms with Gasteiger partial charge in [0.25, 0.3) is 0 Å². The molecule has 0 aliphatic carbocycles. The van der Waals surface area contributed by atoms with Crippen LogP contribution in [0.4, 0.5) is 0 Å². The van der Waals surface area contributed by atoms with Crippen molar-refractivity contribution in [3.63, 3.8) is 0 Å². The fourth-order valence-corrected chi connectivity index (χ4v) is 4.99. The quantitative estimate of drug-likeness (QED) is 0.324. The molecule has 5 nitrogen and oxygen atoms in total. The Morgan fingerprint density at radius 2 is 2.00 bits per heavy atom. The minimum absolute atomic E-state index is 0. The van der Waals surface area contributed by atoms with E-state index in [9.17, 15) is 0 Å². The summed E-state index contributed by atoms with van der Waals surface area (Å²) in [7, 11) is 0. The molecule has 1 aromatic heterocycles. The fourth-order valence-electron chi connectivity index (χ4n) is 4.99. The fraction of sp³-hybridized carbons (Fsp3) is 0.625. The lowest BCUT2D eigenvalue weighted by Gasteiger charge is -2.23. The van der Waals surface area contributed by atoms with E-state index in [1.54, 1.807) is 0 Å². The average Bonchev–Trinajstić information content (AvgIpc) is 3.49. The van der Waals surface area contributed by atoms with Gasteiger partial charge >= 0.3 is 0 Å². The summed E-state index contributed by atoms with van der Waals surface area (Å²) < 4.78 is 0. The molecule has 2 saturated heterocycles. The van der Waals surface area contributed by atoms with Gasteiger partial charge in [0.15, 0.2) is 5.96 Å². The zero-order valence-corrected chi connectivity index (χ0v) is 21.0. The van der Waals surface area contributed by atoms with Crippen molar-refractivity contribution in [2.75, 3.05) is 45.8 Å². The highest BCUT2D eigenvalue weighted by Crippen LogP contribution is 2.23. The zero-order chi connectivity index (χ0) is 20.1. The van der Waals surface area contributed by atoms with Crippen LogP contribution in [0.2, 0.25) is 0 Å². The third kappa shape index (κ3) is 5.49. The van der Waals surface area contributed by atoms with Gasteiger partial charge in [-0.1, -0.05) is 25.1 Å². The first-order chi connectivity index (χ1) is 14.3. The van der Waals surface area contributed by atoms with Gasteiger partial charge in [-0.25, -0.2) is 0 Å². The summed E-state index contributed by atoms with van der Waals surface area (Å²) in [6.45, 7) is 12.3. The SMILES string of the molecule is CCNC(=NCCc1c[nH]c2c(CC)cccc12)N1CCC(CN2CCCC2)C1.I. The molecule has 3 heterocycles. The topological polar surface area (TPSA) is 46.7 Å². The second kappa shape index (κ2) is 11.4. The number of hydrogen-bond donors (Lipinski definition) is 2. The number of fused-ring (bicyclic) bond motifs is 1. The van der Waals surface area contributed by atoms with Crippen molar-refractivity contribution in [2.24, 2.45) is 10.9 Å². The number of guanidine groups is 1. The lowest BCUT2D eigenvalue weighted by atomic mass is 10.1. The molecule has 2 aliphatic rings. The van der Waals surface area contributed by atoms with Gasteiger partial charge in [-0.3, -0.25) is 4.99 Å². The standard InChI is InChI=1S/C24H37N5.HI/c1-3-20-8-7-9-22-21(16-27-23(20)22)10-12-26-24(25-4-2)29-15-11-19(18-29)17-28-13-5-6-14-28;/h7-9,16,19,27H,3-6,10-15,17-18H2,1-2H3,(H,25,26);1H. The van der Waals surface area contributed by atoms with Gasteiger partial charge < -0.3 is 20.1 Å². The van der Waals surface area contributed by atoms with Crippen LogP contribution in [0.25, 0.3) is 10.9 Å². The van der Waals surface area contributed by atoms with Crippen molar-refractivity contribution >= 4 is 40.8 Å². The zero-order valence-electron chi connectivity index (χ0n) is 18.6. The van der Waals surface area contributed by atoms with Crippen LogP contribution in [0.15, 0.2) is 29.4 Å². The molecule has 4 rings (SSSR count). The van der Waals surface area contributed by atoms with Gasteiger partial charge in [0.1, 0.15) is 0 Å². The van der Waals surface area contributed by atoms with E-state index >= 15 is 0 Å². The number of aromatic amines is 1. The molecule has 2 aliphatic heterocycles. The molecule has 30 heavy (non-hydrogen) atoms. The average molecular weight is 524 g/mol. The Hall–Kier alpha value is -1.28. The van der Waals surface area contributed by atoms with Crippen molar-refractivity contribution in [3.05, 3.63) is 35.5 Å². The number of halogens is 1. The summed E-state index contributed by atoms with van der Waals surface area (Å²) in [6.07, 6.45) is 8.28. The van der Waals surface area contributed by atoms with Gasteiger partial charge in [-0.05, 0) is 69.2 Å². The maximum absolute atomic E-state index is 4.99. The van der Waals surface area contributed by atoms with E-state index in [-0.39, 0.29) is 24.0 Å². The second-order valence-corrected chi connectivity index (χ2v) is 8.60. The molecule has 1 aromatic carbocycles. The smallest absolute Gasteiger partial charge is 0.193 e. The molecule has 2 N–H and O–H groups in total. The largest absolute Gasteiger partial charge is 0.361 e. The Balaban J connectivity index is 0.00000256. The Kier molecular flexibility index (Phi) is 8.86. The summed E-state index contributed by atoms with van der Waals surface area (Å²) in [6, 6.07) is 6.63. The lowest BCUT2D eigenvalue weighted by Crippen LogP contribution is -2.41. The van der Waals surface area contributed by atoms with Gasteiger partial charge in [0, 0.05) is 49.8 Å². The van der Waals surface area contributed by atoms with E-state index in [1.807, 2.05) is 0 Å². The monoisotopic (exact) mass is 523 g/mol. The number of hydrogen-bond acceptors (Lipinski definition) is 2. The maximum atomic E-state index is 4.99. The summed E-state index contributed by atoms with van der Waals surface area (Å²) >= 11 is 0. The van der Waals surface area contributed by atoms with Gasteiger partial charge in [-0.2, -0.15) is 0 Å². The van der Waals surface area contributed by atoms with Crippen LogP contribution in [0.1, 0.15) is 44.2 Å². The predicted octanol–water partition coefficient (Wildman–Crippen LogP) is 4.27. The molecule has 0 saturated carbocycles. The first-order valence-electron chi connectivity index (χ1n) is 11.6. The molecule has 0 bridgehead atoms. The summed E-state index contributed by atoms with van der Waals surface area (Å²) in [5, 5.41) is 4.89. The Morgan fingerprint density at radius 1 is 1.17 bits per heavy atom. The number of H-pyrrole nitrogens is 1. The summed E-state index contributed by atoms with van der Waals surface area (Å²) in [5.74, 6) is 1.89. The molecular formula is C24H38IN5. The Morgan fingerprint density at radius 3 is 2.77 bits per heavy atom. The Bertz CT molecular complexity index is 824. The van der Waals surface area contributed by atoms with Crippen LogP contribution in [-0.2, 0) is 12.8 Å². The second-order valence-electron chi connectivity index (χ2n) is 8.60. The highest BCUT2D eigenvalue weighted by molar-refractivity contribution is 14.0. The molecule has 1 unspecified atom stereocenters. The van der Waals surface area contributed by atoms with Crippen molar-refractivity contribution in [1.82, 2.24) is 20.1 Å². The van der Waals surface area contributed by atoms with E-state index in [0.717, 1.165) is 50.9 Å². The van der Waals surface area contributed by atoms with Crippen LogP contribution in [0.3, 0.4) is 0 Å². The number of nitrogens with one attached hydrogen (secondary N) is 2. The number of likely N-dealkylation sites (tertiary alicyclic amines) is 2. The summed E-state index contributed by atoms with van der Waals surface area (Å²) in [5.41, 5.74) is 4.07. The highest BCUT2D eigenvalue weighted by atomic mass is 127. The van der Waals surface area contributed by atoms with Gasteiger partial charge in [0.2, 0.25) is 0 Å². The first kappa shape index (κ1) is 23.4. The van der Waals surface area contributed by atoms with Crippen molar-refractivity contribution in [1.29, 1.82) is 0 Å². The highest BCUT2D eigenvalue weighted by Gasteiger charge is 2.27. The number of benzene rings is 1. The molecule has 0 radical (unpaired) electrons. The first-order valence-corrected chi connectivity index (χ1v) is 11.6. The number of aryl methyl sites for hydroxylation is 1. The number of aliphatic imine (C=N–C) groups is 1. The van der Waals surface area contributed by atoms with Gasteiger partial charge in [0.05, 0.1) is 0 Å². The van der Waals surface area contributed by atoms with E-state index in [0.29, 0.717) is 0 Å². The maximum Gasteiger partial charge on any atom is 0.193 e. The minimum Gasteiger partial charge on any atom is -0.361 e. The van der Waals surface area contributed by atoms with Crippen LogP contribution >= 0.6 is 24.0 Å². The summed E-state index contributed by atoms with van der Waals surface area (Å²) in [4.78, 5) is 13.6. The molecule has 2 fully saturated rings. The molecule has 2 aromatic rings. The van der Waals surface area contributed by atoms with Crippen molar-refractivity contribution in [3.8, 4) is 0 Å². The third-order valence-corrected chi connectivity index (χ3v) is 6.55. The number of aromatic nitrogens is 1. The van der Waals surface area contributed by atoms with Crippen LogP contribution in [-0.4, -0.2) is 66.6 Å². The minimum atomic E-state index is 0. The van der Waals surface area contributed by atoms with E-state index in [2.05, 4.69) is 58.3 Å². The molecular weight excluding hydrogens is 485 g/mol. The predicted molar refractivity (Wildman–Crippen MR) is 138 cm³/mol. The van der Waals surface area contributed by atoms with Crippen LogP contribution in [0.5, 0.6) is 0 Å². The molecule has 1 atom stereocenters. The molecule has 6 heteroatoms. The Labute approximate surface area is 198 Å². The normalized spacial score (nSPS) is 20.1. The van der Waals surface area contributed by atoms with E-state index < -0.39 is 0 Å². The lowest BCUT2D eigenvalue weighted by molar-refractivity contribution is 0.281. The van der Waals surface area contributed by atoms with Crippen LogP contribution < -0.4 is 5.32 Å². The van der Waals surface area contributed by atoms with Gasteiger partial charge in [-0.15, -0.1) is 24.0 Å². The molecule has 0 amide bonds. The van der Waals surface area contributed by atoms with E-state index in [4.69, 9.17) is 4.99 Å². The third-order valence-electron chi connectivity index (χ3n) is 6.55. The van der Waals surface area contributed by atoms with Crippen molar-refractivity contribution < 1.29 is 0 Å². The van der Waals surface area contributed by atoms with E-state index in [1.165, 1.54) is 60.9 Å². The molecule has 166 valence electrons. The van der Waals surface area contributed by atoms with Crippen molar-refractivity contribution in [2.45, 2.75) is 46.0 Å². The number of rotatable bonds is 7. The number of para-hydroxylation sites is 1. The van der Waals surface area contributed by atoms with Crippen LogP contribution in [0, 0.1) is 5.92 Å².